The van der Waals surface area contributed by atoms with Gasteiger partial charge in [0.05, 0.1) is 6.54 Å². The lowest BCUT2D eigenvalue weighted by Crippen LogP contribution is -2.45. The number of nitrogens with two attached hydrogens (primary N) is 1. The molecule has 0 aliphatic carbocycles. The normalized spacial score (nSPS) is 12.2. The lowest BCUT2D eigenvalue weighted by molar-refractivity contribution is -0.138. The molecule has 0 saturated carbocycles. The number of H-pyrrole nitrogens is 1. The number of carboxylic acids is 2. The molecule has 16 heteroatoms. The van der Waals surface area contributed by atoms with Crippen LogP contribution in [-0.2, 0) is 25.7 Å². The van der Waals surface area contributed by atoms with Crippen LogP contribution in [0.2, 0.25) is 0 Å². The second-order valence-electron chi connectivity index (χ2n) is 25.0. The number of unbranched alkanes of at least 4 members (excludes halogenated alkanes) is 38. The van der Waals surface area contributed by atoms with Crippen molar-refractivity contribution in [2.24, 2.45) is 5.92 Å². The Labute approximate surface area is 524 Å². The average Bonchev–Trinajstić information content (AvgIpc) is 1.91. The van der Waals surface area contributed by atoms with Gasteiger partial charge in [-0.15, -0.1) is 0 Å². The largest absolute Gasteiger partial charge is 0.481 e. The van der Waals surface area contributed by atoms with Crippen LogP contribution in [0.5, 0.6) is 0 Å². The second-order valence-corrected chi connectivity index (χ2v) is 26.1. The number of nitrogens with one attached hydrogen (secondary N) is 4. The average molecular weight is 1220 g/mol. The van der Waals surface area contributed by atoms with E-state index >= 15 is 0 Å². The van der Waals surface area contributed by atoms with E-state index < -0.39 is 18.0 Å². The van der Waals surface area contributed by atoms with Crippen molar-refractivity contribution in [1.29, 1.82) is 0 Å². The highest BCUT2D eigenvalue weighted by Crippen LogP contribution is 2.26. The minimum Gasteiger partial charge on any atom is -0.481 e. The van der Waals surface area contributed by atoms with Crippen molar-refractivity contribution >= 4 is 64.1 Å². The number of carbonyl (C=O) groups excluding carboxylic acids is 2. The standard InChI is InChI=1S/C70H122N8O7S/c1-3-5-7-8-9-10-11-15-22-27-32-37-42-47-62(79)74-61(68(84)73-60-52-50-58(51-53-60)55-78-67-65(75-70(78)85)66(71)76-69(77-67)72-54-6-4-2)57-86-56-59(46-41-36-31-26-21-17-14-19-24-29-34-39-44-49-64(82)83)45-40-35-30-25-20-16-12-13-18-23-28-33-38-43-48-63(80)81/h50-53,59,61H,3-49,54-57H2,1-2H3,(H,73,84)(H,74,79)(H,75,85)(H,80,81)(H,82,83)(H3,71,72,76,77)/t59-,61?/m1/s1. The van der Waals surface area contributed by atoms with Crippen molar-refractivity contribution in [2.75, 3.05) is 34.4 Å². The minimum atomic E-state index is -0.688. The highest BCUT2D eigenvalue weighted by Gasteiger charge is 2.23. The Hall–Kier alpha value is -4.60. The van der Waals surface area contributed by atoms with E-state index in [2.05, 4.69) is 44.7 Å². The fourth-order valence-electron chi connectivity index (χ4n) is 11.7. The number of aliphatic carboxylic acids is 2. The third-order valence-corrected chi connectivity index (χ3v) is 18.4. The SMILES string of the molecule is CCCCCCCCCCCCCCCC(=O)NC(CSC[C@H](CCCCCCCCCCCCCCCCC(=O)O)CCCCCCCCCCCCCCCC(=O)O)C(=O)Nc1ccc(Cn2c(=O)[nH]c3c(N)nc(NCCCC)nc32)cc1. The van der Waals surface area contributed by atoms with Crippen LogP contribution in [0.25, 0.3) is 11.2 Å². The van der Waals surface area contributed by atoms with E-state index in [4.69, 9.17) is 15.9 Å². The first-order chi connectivity index (χ1) is 42.0. The number of nitrogens with zero attached hydrogens (tertiary/aromatic N) is 3. The summed E-state index contributed by atoms with van der Waals surface area (Å²) in [6, 6.07) is 6.81. The first-order valence-corrected chi connectivity index (χ1v) is 36.4. The number of imidazole rings is 1. The van der Waals surface area contributed by atoms with Crippen molar-refractivity contribution in [3.8, 4) is 0 Å². The summed E-state index contributed by atoms with van der Waals surface area (Å²) in [6.45, 7) is 5.32. The third-order valence-electron chi connectivity index (χ3n) is 17.1. The number of aromatic amines is 1. The zero-order valence-corrected chi connectivity index (χ0v) is 55.1. The molecule has 3 rings (SSSR count). The molecule has 0 saturated heterocycles. The maximum Gasteiger partial charge on any atom is 0.328 e. The van der Waals surface area contributed by atoms with Crippen LogP contribution in [-0.4, -0.2) is 77.6 Å². The number of amides is 2. The fraction of sp³-hybridized carbons (Fsp3) is 0.786. The van der Waals surface area contributed by atoms with E-state index in [9.17, 15) is 24.0 Å². The number of fused-ring (bicyclic) bond motifs is 1. The van der Waals surface area contributed by atoms with E-state index in [1.54, 1.807) is 4.57 Å². The van der Waals surface area contributed by atoms with Crippen LogP contribution in [0.4, 0.5) is 17.5 Å². The van der Waals surface area contributed by atoms with Crippen molar-refractivity contribution < 1.29 is 29.4 Å². The molecule has 2 aromatic heterocycles. The third kappa shape index (κ3) is 38.6. The van der Waals surface area contributed by atoms with Crippen molar-refractivity contribution in [3.63, 3.8) is 0 Å². The molecule has 2 atom stereocenters. The molecular formula is C70H122N8O7S. The van der Waals surface area contributed by atoms with Gasteiger partial charge in [0.1, 0.15) is 11.6 Å². The molecule has 0 aliphatic heterocycles. The second kappa shape index (κ2) is 51.3. The highest BCUT2D eigenvalue weighted by molar-refractivity contribution is 7.99. The van der Waals surface area contributed by atoms with Gasteiger partial charge in [0, 0.05) is 37.2 Å². The van der Waals surface area contributed by atoms with Gasteiger partial charge < -0.3 is 36.9 Å². The predicted octanol–water partition coefficient (Wildman–Crippen LogP) is 18.5. The van der Waals surface area contributed by atoms with Crippen LogP contribution < -0.4 is 27.4 Å². The number of hydrogen-bond acceptors (Lipinski definition) is 10. The molecule has 1 aromatic carbocycles. The van der Waals surface area contributed by atoms with Gasteiger partial charge >= 0.3 is 17.6 Å². The number of thioether (sulfide) groups is 1. The topological polar surface area (TPSA) is 234 Å². The molecule has 2 heterocycles. The summed E-state index contributed by atoms with van der Waals surface area (Å²) >= 11 is 1.81. The molecule has 0 bridgehead atoms. The molecule has 0 fully saturated rings. The summed E-state index contributed by atoms with van der Waals surface area (Å²) < 4.78 is 1.55. The maximum atomic E-state index is 14.2. The Bertz CT molecular complexity index is 2260. The van der Waals surface area contributed by atoms with Gasteiger partial charge in [0.25, 0.3) is 0 Å². The van der Waals surface area contributed by atoms with Crippen LogP contribution in [0, 0.1) is 5.92 Å². The van der Waals surface area contributed by atoms with E-state index in [1.165, 1.54) is 212 Å². The monoisotopic (exact) mass is 1220 g/mol. The predicted molar refractivity (Wildman–Crippen MR) is 362 cm³/mol. The number of carbonyl (C=O) groups is 4. The molecule has 8 N–H and O–H groups in total. The van der Waals surface area contributed by atoms with Crippen LogP contribution in [0.3, 0.4) is 0 Å². The summed E-state index contributed by atoms with van der Waals surface area (Å²) in [4.78, 5) is 74.3. The molecule has 490 valence electrons. The van der Waals surface area contributed by atoms with E-state index in [0.29, 0.717) is 60.3 Å². The van der Waals surface area contributed by atoms with Gasteiger partial charge in [-0.25, -0.2) is 4.79 Å². The lowest BCUT2D eigenvalue weighted by atomic mass is 9.95. The van der Waals surface area contributed by atoms with E-state index in [0.717, 1.165) is 81.9 Å². The molecular weight excluding hydrogens is 1100 g/mol. The van der Waals surface area contributed by atoms with Gasteiger partial charge in [-0.2, -0.15) is 21.7 Å². The Kier molecular flexibility index (Phi) is 45.1. The number of benzene rings is 1. The summed E-state index contributed by atoms with van der Waals surface area (Å²) in [5, 5.41) is 27.2. The zero-order chi connectivity index (χ0) is 61.9. The molecule has 86 heavy (non-hydrogen) atoms. The summed E-state index contributed by atoms with van der Waals surface area (Å²) in [6.07, 6.45) is 54.2. The van der Waals surface area contributed by atoms with Gasteiger partial charge in [-0.1, -0.05) is 270 Å². The first-order valence-electron chi connectivity index (χ1n) is 35.2. The van der Waals surface area contributed by atoms with Gasteiger partial charge in [0.15, 0.2) is 11.5 Å². The number of aromatic nitrogens is 4. The number of carboxylic acid groups (broad SMARTS) is 2. The zero-order valence-electron chi connectivity index (χ0n) is 54.3. The highest BCUT2D eigenvalue weighted by atomic mass is 32.2. The summed E-state index contributed by atoms with van der Waals surface area (Å²) in [5.41, 5.74) is 8.21. The number of anilines is 3. The van der Waals surface area contributed by atoms with Crippen molar-refractivity contribution in [3.05, 3.63) is 40.3 Å². The van der Waals surface area contributed by atoms with Crippen LogP contribution >= 0.6 is 11.8 Å². The Morgan fingerprint density at radius 3 is 1.37 bits per heavy atom. The fourth-order valence-corrected chi connectivity index (χ4v) is 12.9. The minimum absolute atomic E-state index is 0.0650. The molecule has 3 aromatic rings. The number of nitrogen functional groups attached to an aromatic ring is 1. The number of rotatable bonds is 60. The molecule has 0 spiro atoms. The van der Waals surface area contributed by atoms with Crippen molar-refractivity contribution in [1.82, 2.24) is 24.8 Å². The Balaban J connectivity index is 1.56. The smallest absolute Gasteiger partial charge is 0.328 e. The Morgan fingerprint density at radius 1 is 0.535 bits per heavy atom. The quantitative estimate of drug-likeness (QED) is 0.0262. The maximum absolute atomic E-state index is 14.2. The molecule has 1 unspecified atom stereocenters. The van der Waals surface area contributed by atoms with Crippen LogP contribution in [0.15, 0.2) is 29.1 Å². The number of hydrogen-bond donors (Lipinski definition) is 7. The Morgan fingerprint density at radius 2 is 0.942 bits per heavy atom. The van der Waals surface area contributed by atoms with Crippen molar-refractivity contribution in [2.45, 2.75) is 328 Å². The molecule has 2 amide bonds. The molecule has 15 nitrogen and oxygen atoms in total. The lowest BCUT2D eigenvalue weighted by Gasteiger charge is -2.21. The van der Waals surface area contributed by atoms with Gasteiger partial charge in [0.2, 0.25) is 17.8 Å². The van der Waals surface area contributed by atoms with E-state index in [1.807, 2.05) is 36.0 Å². The van der Waals surface area contributed by atoms with E-state index in [-0.39, 0.29) is 29.9 Å². The first kappa shape index (κ1) is 75.6. The van der Waals surface area contributed by atoms with Gasteiger partial charge in [-0.3, -0.25) is 23.7 Å². The summed E-state index contributed by atoms with van der Waals surface area (Å²) in [7, 11) is 0. The van der Waals surface area contributed by atoms with Crippen LogP contribution in [0.1, 0.15) is 321 Å². The molecule has 0 radical (unpaired) electrons. The van der Waals surface area contributed by atoms with Gasteiger partial charge in [-0.05, 0) is 67.9 Å². The summed E-state index contributed by atoms with van der Waals surface area (Å²) in [5.74, 6) is 0.969. The molecule has 0 aliphatic rings.